The van der Waals surface area contributed by atoms with E-state index in [9.17, 15) is 26.3 Å². The predicted octanol–water partition coefficient (Wildman–Crippen LogP) is 3.86. The number of rotatable bonds is 2. The van der Waals surface area contributed by atoms with Crippen molar-refractivity contribution in [3.8, 4) is 0 Å². The summed E-state index contributed by atoms with van der Waals surface area (Å²) in [6.07, 6.45) is -8.41. The Labute approximate surface area is 121 Å². The molecule has 0 saturated heterocycles. The molecule has 0 aliphatic rings. The van der Waals surface area contributed by atoms with Crippen LogP contribution in [0.4, 0.5) is 32.0 Å². The van der Waals surface area contributed by atoms with Crippen LogP contribution in [0.3, 0.4) is 0 Å². The highest BCUT2D eigenvalue weighted by molar-refractivity contribution is 5.40. The molecule has 2 N–H and O–H groups in total. The molecule has 1 heterocycles. The lowest BCUT2D eigenvalue weighted by molar-refractivity contribution is -0.143. The Balaban J connectivity index is 2.46. The van der Waals surface area contributed by atoms with Gasteiger partial charge in [0.05, 0.1) is 29.1 Å². The average molecular weight is 323 g/mol. The lowest BCUT2D eigenvalue weighted by atomic mass is 10.0. The van der Waals surface area contributed by atoms with E-state index in [1.165, 1.54) is 6.20 Å². The molecule has 0 bridgehead atoms. The molecule has 1 aromatic heterocycles. The number of anilines is 1. The topological polar surface area (TPSA) is 43.8 Å². The van der Waals surface area contributed by atoms with Gasteiger partial charge in [-0.25, -0.2) is 0 Å². The van der Waals surface area contributed by atoms with E-state index in [1.54, 1.807) is 6.92 Å². The first-order valence-corrected chi connectivity index (χ1v) is 6.05. The average Bonchev–Trinajstić information content (AvgIpc) is 2.66. The van der Waals surface area contributed by atoms with Crippen LogP contribution in [0.1, 0.15) is 22.4 Å². The minimum Gasteiger partial charge on any atom is -0.396 e. The van der Waals surface area contributed by atoms with Crippen molar-refractivity contribution in [3.63, 3.8) is 0 Å². The second-order valence-corrected chi connectivity index (χ2v) is 4.73. The van der Waals surface area contributed by atoms with Crippen molar-refractivity contribution in [1.82, 2.24) is 9.78 Å². The highest BCUT2D eigenvalue weighted by atomic mass is 19.4. The minimum atomic E-state index is -4.90. The second kappa shape index (κ2) is 5.22. The molecule has 120 valence electrons. The third-order valence-corrected chi connectivity index (χ3v) is 3.06. The first-order chi connectivity index (χ1) is 9.98. The van der Waals surface area contributed by atoms with E-state index < -0.39 is 23.5 Å². The van der Waals surface area contributed by atoms with Crippen LogP contribution in [-0.2, 0) is 18.9 Å². The van der Waals surface area contributed by atoms with Crippen molar-refractivity contribution in [2.24, 2.45) is 0 Å². The zero-order chi connectivity index (χ0) is 16.7. The van der Waals surface area contributed by atoms with Gasteiger partial charge in [-0.1, -0.05) is 6.07 Å². The molecule has 1 aromatic carbocycles. The largest absolute Gasteiger partial charge is 0.416 e. The van der Waals surface area contributed by atoms with Gasteiger partial charge in [0.15, 0.2) is 0 Å². The summed E-state index contributed by atoms with van der Waals surface area (Å²) in [7, 11) is 0. The molecule has 0 fully saturated rings. The summed E-state index contributed by atoms with van der Waals surface area (Å²) < 4.78 is 77.8. The number of benzene rings is 1. The van der Waals surface area contributed by atoms with Gasteiger partial charge in [-0.2, -0.15) is 31.4 Å². The number of hydrogen-bond donors (Lipinski definition) is 1. The van der Waals surface area contributed by atoms with E-state index in [1.807, 2.05) is 0 Å². The normalized spacial score (nSPS) is 12.7. The van der Waals surface area contributed by atoms with Crippen molar-refractivity contribution in [3.05, 3.63) is 46.8 Å². The number of aromatic nitrogens is 2. The molecule has 0 radical (unpaired) electrons. The first-order valence-electron chi connectivity index (χ1n) is 6.05. The van der Waals surface area contributed by atoms with Crippen molar-refractivity contribution < 1.29 is 26.3 Å². The van der Waals surface area contributed by atoms with Crippen molar-refractivity contribution in [2.45, 2.75) is 25.8 Å². The molecule has 2 rings (SSSR count). The van der Waals surface area contributed by atoms with Gasteiger partial charge < -0.3 is 5.73 Å². The maximum Gasteiger partial charge on any atom is 0.416 e. The Hall–Kier alpha value is -2.19. The van der Waals surface area contributed by atoms with Crippen LogP contribution >= 0.6 is 0 Å². The molecular formula is C13H11F6N3. The van der Waals surface area contributed by atoms with Crippen molar-refractivity contribution in [1.29, 1.82) is 0 Å². The third kappa shape index (κ3) is 3.34. The molecule has 3 nitrogen and oxygen atoms in total. The second-order valence-electron chi connectivity index (χ2n) is 4.73. The summed E-state index contributed by atoms with van der Waals surface area (Å²) in [6, 6.07) is 1.53. The molecule has 2 aromatic rings. The lowest BCUT2D eigenvalue weighted by Crippen LogP contribution is -2.15. The van der Waals surface area contributed by atoms with Crippen LogP contribution in [0.25, 0.3) is 0 Å². The quantitative estimate of drug-likeness (QED) is 0.853. The number of aryl methyl sites for hydroxylation is 1. The molecule has 0 aliphatic carbocycles. The summed E-state index contributed by atoms with van der Waals surface area (Å²) in [5, 5.41) is 3.90. The number of nitrogen functional groups attached to an aromatic ring is 1. The smallest absolute Gasteiger partial charge is 0.396 e. The van der Waals surface area contributed by atoms with Crippen LogP contribution in [0.5, 0.6) is 0 Å². The van der Waals surface area contributed by atoms with Crippen LogP contribution in [0.2, 0.25) is 0 Å². The fourth-order valence-electron chi connectivity index (χ4n) is 1.94. The molecular weight excluding hydrogens is 312 g/mol. The molecule has 0 saturated carbocycles. The number of nitrogens with two attached hydrogens (primary N) is 1. The number of hydrogen-bond acceptors (Lipinski definition) is 2. The fourth-order valence-corrected chi connectivity index (χ4v) is 1.94. The molecule has 22 heavy (non-hydrogen) atoms. The molecule has 9 heteroatoms. The Morgan fingerprint density at radius 1 is 1.09 bits per heavy atom. The summed E-state index contributed by atoms with van der Waals surface area (Å²) in [6.45, 7) is 1.24. The van der Waals surface area contributed by atoms with Crippen LogP contribution in [0, 0.1) is 6.92 Å². The van der Waals surface area contributed by atoms with E-state index in [0.29, 0.717) is 17.4 Å². The van der Waals surface area contributed by atoms with Gasteiger partial charge in [-0.05, 0) is 24.6 Å². The zero-order valence-electron chi connectivity index (χ0n) is 11.3. The number of halogens is 6. The monoisotopic (exact) mass is 323 g/mol. The van der Waals surface area contributed by atoms with E-state index >= 15 is 0 Å². The SMILES string of the molecule is Cc1nn(Cc2ccc(C(F)(F)F)cc2C(F)(F)F)cc1N. The number of alkyl halides is 6. The van der Waals surface area contributed by atoms with Gasteiger partial charge in [-0.15, -0.1) is 0 Å². The summed E-state index contributed by atoms with van der Waals surface area (Å²) in [4.78, 5) is 0. The predicted molar refractivity (Wildman–Crippen MR) is 66.9 cm³/mol. The first kappa shape index (κ1) is 16.2. The molecule has 0 unspecified atom stereocenters. The van der Waals surface area contributed by atoms with Gasteiger partial charge in [0.1, 0.15) is 0 Å². The maximum atomic E-state index is 13.0. The van der Waals surface area contributed by atoms with Crippen LogP contribution in [0.15, 0.2) is 24.4 Å². The Kier molecular flexibility index (Phi) is 3.84. The summed E-state index contributed by atoms with van der Waals surface area (Å²) in [5.74, 6) is 0. The van der Waals surface area contributed by atoms with Gasteiger partial charge in [-0.3, -0.25) is 4.68 Å². The van der Waals surface area contributed by atoms with Crippen LogP contribution < -0.4 is 5.73 Å². The summed E-state index contributed by atoms with van der Waals surface area (Å²) in [5.41, 5.74) is 3.27. The van der Waals surface area contributed by atoms with E-state index in [2.05, 4.69) is 5.10 Å². The van der Waals surface area contributed by atoms with Gasteiger partial charge >= 0.3 is 12.4 Å². The Bertz CT molecular complexity index is 665. The standard InChI is InChI=1S/C13H11F6N3/c1-7-11(20)6-22(21-7)5-8-2-3-9(12(14,15)16)4-10(8)13(17,18)19/h2-4,6H,5,20H2,1H3. The van der Waals surface area contributed by atoms with E-state index in [0.717, 1.165) is 10.7 Å². The molecule has 0 aliphatic heterocycles. The van der Waals surface area contributed by atoms with E-state index in [-0.39, 0.29) is 18.2 Å². The van der Waals surface area contributed by atoms with Crippen molar-refractivity contribution in [2.75, 3.05) is 5.73 Å². The highest BCUT2D eigenvalue weighted by Crippen LogP contribution is 2.37. The molecule has 0 spiro atoms. The van der Waals surface area contributed by atoms with Gasteiger partial charge in [0, 0.05) is 6.20 Å². The van der Waals surface area contributed by atoms with Gasteiger partial charge in [0.25, 0.3) is 0 Å². The highest BCUT2D eigenvalue weighted by Gasteiger charge is 2.38. The van der Waals surface area contributed by atoms with Crippen molar-refractivity contribution >= 4 is 5.69 Å². The third-order valence-electron chi connectivity index (χ3n) is 3.06. The fraction of sp³-hybridized carbons (Fsp3) is 0.308. The molecule has 0 amide bonds. The van der Waals surface area contributed by atoms with Crippen LogP contribution in [-0.4, -0.2) is 9.78 Å². The minimum absolute atomic E-state index is 0.106. The van der Waals surface area contributed by atoms with Gasteiger partial charge in [0.2, 0.25) is 0 Å². The molecule has 0 atom stereocenters. The van der Waals surface area contributed by atoms with E-state index in [4.69, 9.17) is 5.73 Å². The Morgan fingerprint density at radius 2 is 1.73 bits per heavy atom. The summed E-state index contributed by atoms with van der Waals surface area (Å²) >= 11 is 0. The zero-order valence-corrected chi connectivity index (χ0v) is 11.3. The Morgan fingerprint density at radius 3 is 2.18 bits per heavy atom. The number of nitrogens with zero attached hydrogens (tertiary/aromatic N) is 2. The lowest BCUT2D eigenvalue weighted by Gasteiger charge is -2.16. The maximum absolute atomic E-state index is 13.0.